The second-order valence-electron chi connectivity index (χ2n) is 8.17. The van der Waals surface area contributed by atoms with Crippen LogP contribution in [-0.4, -0.2) is 45.2 Å². The lowest BCUT2D eigenvalue weighted by molar-refractivity contribution is 0.0693. The maximum atomic E-state index is 13.5. The number of rotatable bonds is 14. The maximum absolute atomic E-state index is 13.5. The third-order valence-electron chi connectivity index (χ3n) is 5.22. The van der Waals surface area contributed by atoms with E-state index >= 15 is 0 Å². The van der Waals surface area contributed by atoms with E-state index in [1.165, 1.54) is 6.33 Å². The number of aromatic nitrogens is 4. The Labute approximate surface area is 209 Å². The summed E-state index contributed by atoms with van der Waals surface area (Å²) in [4.78, 5) is 12.5. The van der Waals surface area contributed by atoms with E-state index in [-0.39, 0.29) is 19.1 Å². The molecule has 0 spiro atoms. The molecule has 0 saturated carbocycles. The molecule has 0 fully saturated rings. The van der Waals surface area contributed by atoms with E-state index in [1.54, 1.807) is 30.6 Å². The molecule has 0 aliphatic heterocycles. The Balaban J connectivity index is 1.30. The van der Waals surface area contributed by atoms with Crippen LogP contribution in [0.2, 0.25) is 0 Å². The van der Waals surface area contributed by atoms with Crippen LogP contribution in [0.3, 0.4) is 0 Å². The molecule has 2 atom stereocenters. The Morgan fingerprint density at radius 2 is 1.75 bits per heavy atom. The Kier molecular flexibility index (Phi) is 9.02. The van der Waals surface area contributed by atoms with Crippen LogP contribution in [0.4, 0.5) is 5.82 Å². The summed E-state index contributed by atoms with van der Waals surface area (Å²) in [5, 5.41) is 0. The van der Waals surface area contributed by atoms with Gasteiger partial charge in [0.15, 0.2) is 17.8 Å². The summed E-state index contributed by atoms with van der Waals surface area (Å²) in [6.45, 7) is 3.47. The third kappa shape index (κ3) is 7.35. The molecule has 2 heterocycles. The molecule has 0 saturated heterocycles. The summed E-state index contributed by atoms with van der Waals surface area (Å²) in [7, 11) is -3.60. The minimum absolute atomic E-state index is 0.207. The van der Waals surface area contributed by atoms with Crippen molar-refractivity contribution < 1.29 is 23.1 Å². The molecule has 36 heavy (non-hydrogen) atoms. The molecule has 0 aliphatic rings. The fraction of sp³-hybridized carbons (Fsp3) is 0.320. The topological polar surface area (TPSA) is 124 Å². The van der Waals surface area contributed by atoms with Gasteiger partial charge in [-0.05, 0) is 31.0 Å². The van der Waals surface area contributed by atoms with Gasteiger partial charge in [0.1, 0.15) is 17.6 Å². The van der Waals surface area contributed by atoms with Crippen LogP contribution in [0.1, 0.15) is 18.9 Å². The number of imidazole rings is 1. The number of hydrogen-bond donors (Lipinski definition) is 1. The van der Waals surface area contributed by atoms with Crippen molar-refractivity contribution in [2.45, 2.75) is 32.6 Å². The smallest absolute Gasteiger partial charge is 0.404 e. The minimum Gasteiger partial charge on any atom is -0.423 e. The largest absolute Gasteiger partial charge is 0.423 e. The Morgan fingerprint density at radius 1 is 1.00 bits per heavy atom. The van der Waals surface area contributed by atoms with Gasteiger partial charge in [0.2, 0.25) is 0 Å². The second kappa shape index (κ2) is 12.6. The van der Waals surface area contributed by atoms with Crippen LogP contribution < -0.4 is 10.3 Å². The van der Waals surface area contributed by atoms with Gasteiger partial charge >= 0.3 is 7.60 Å². The predicted octanol–water partition coefficient (Wildman–Crippen LogP) is 4.67. The van der Waals surface area contributed by atoms with Crippen molar-refractivity contribution in [2.24, 2.45) is 0 Å². The van der Waals surface area contributed by atoms with Crippen LogP contribution in [0.5, 0.6) is 5.75 Å². The average Bonchev–Trinajstić information content (AvgIpc) is 3.30. The van der Waals surface area contributed by atoms with Crippen LogP contribution in [0, 0.1) is 0 Å². The monoisotopic (exact) mass is 511 g/mol. The summed E-state index contributed by atoms with van der Waals surface area (Å²) in [6, 6.07) is 18.8. The summed E-state index contributed by atoms with van der Waals surface area (Å²) in [6.07, 6.45) is 3.04. The van der Waals surface area contributed by atoms with Crippen molar-refractivity contribution in [3.63, 3.8) is 0 Å². The van der Waals surface area contributed by atoms with Crippen molar-refractivity contribution >= 4 is 24.6 Å². The lowest BCUT2D eigenvalue weighted by atomic mass is 10.2. The van der Waals surface area contributed by atoms with Gasteiger partial charge in [0.25, 0.3) is 0 Å². The molecule has 1 unspecified atom stereocenters. The van der Waals surface area contributed by atoms with E-state index in [0.717, 1.165) is 5.56 Å². The molecule has 0 bridgehead atoms. The van der Waals surface area contributed by atoms with E-state index in [1.807, 2.05) is 47.9 Å². The quantitative estimate of drug-likeness (QED) is 0.190. The standard InChI is InChI=1S/C25H30N5O5P/c1-20(15-30-18-29-23-24(26)27-17-28-25(23)30)33-19-36(31,35-22-11-6-3-7-12-22)34-14-8-13-32-16-21-9-4-2-5-10-21/h2-7,9-12,17-18,20H,8,13-16,19H2,1H3,(H2,26,27,28)/t20-,36?/m1/s1. The highest BCUT2D eigenvalue weighted by Gasteiger charge is 2.28. The number of hydrogen-bond acceptors (Lipinski definition) is 9. The first-order valence-corrected chi connectivity index (χ1v) is 13.4. The van der Waals surface area contributed by atoms with Gasteiger partial charge in [-0.1, -0.05) is 48.5 Å². The normalized spacial score (nSPS) is 13.9. The zero-order chi connectivity index (χ0) is 25.2. The van der Waals surface area contributed by atoms with Crippen molar-refractivity contribution in [2.75, 3.05) is 25.3 Å². The zero-order valence-electron chi connectivity index (χ0n) is 20.1. The second-order valence-corrected chi connectivity index (χ2v) is 10.1. The molecule has 0 amide bonds. The fourth-order valence-electron chi connectivity index (χ4n) is 3.44. The molecular weight excluding hydrogens is 481 g/mol. The first-order valence-electron chi connectivity index (χ1n) is 11.7. The predicted molar refractivity (Wildman–Crippen MR) is 136 cm³/mol. The third-order valence-corrected chi connectivity index (χ3v) is 6.75. The van der Waals surface area contributed by atoms with Gasteiger partial charge in [-0.2, -0.15) is 0 Å². The highest BCUT2D eigenvalue weighted by molar-refractivity contribution is 7.54. The zero-order valence-corrected chi connectivity index (χ0v) is 21.0. The average molecular weight is 512 g/mol. The van der Waals surface area contributed by atoms with Crippen molar-refractivity contribution in [1.82, 2.24) is 19.5 Å². The van der Waals surface area contributed by atoms with Crippen LogP contribution in [0.25, 0.3) is 11.2 Å². The molecule has 4 aromatic rings. The van der Waals surface area contributed by atoms with Crippen molar-refractivity contribution in [1.29, 1.82) is 0 Å². The number of nitrogens with zero attached hydrogens (tertiary/aromatic N) is 4. The Hall–Kier alpha value is -3.30. The molecular formula is C25H30N5O5P. The molecule has 2 N–H and O–H groups in total. The van der Waals surface area contributed by atoms with Crippen LogP contribution in [0.15, 0.2) is 73.3 Å². The van der Waals surface area contributed by atoms with Gasteiger partial charge in [0, 0.05) is 6.61 Å². The van der Waals surface area contributed by atoms with E-state index < -0.39 is 7.60 Å². The summed E-state index contributed by atoms with van der Waals surface area (Å²) in [5.74, 6) is 0.763. The fourth-order valence-corrected chi connectivity index (χ4v) is 4.91. The van der Waals surface area contributed by atoms with E-state index in [4.69, 9.17) is 24.3 Å². The minimum atomic E-state index is -3.60. The molecule has 2 aromatic carbocycles. The molecule has 10 nitrogen and oxygen atoms in total. The number of benzene rings is 2. The van der Waals surface area contributed by atoms with Gasteiger partial charge in [-0.25, -0.2) is 19.5 Å². The van der Waals surface area contributed by atoms with Gasteiger partial charge in [-0.15, -0.1) is 0 Å². The number of anilines is 1. The van der Waals surface area contributed by atoms with Gasteiger partial charge < -0.3 is 24.3 Å². The van der Waals surface area contributed by atoms with Gasteiger partial charge in [-0.3, -0.25) is 4.52 Å². The first kappa shape index (κ1) is 25.8. The number of nitrogen functional groups attached to an aromatic ring is 1. The lowest BCUT2D eigenvalue weighted by Gasteiger charge is -2.22. The lowest BCUT2D eigenvalue weighted by Crippen LogP contribution is -2.19. The first-order chi connectivity index (χ1) is 17.5. The molecule has 4 rings (SSSR count). The molecule has 2 aromatic heterocycles. The summed E-state index contributed by atoms with van der Waals surface area (Å²) >= 11 is 0. The molecule has 190 valence electrons. The van der Waals surface area contributed by atoms with Crippen molar-refractivity contribution in [3.05, 3.63) is 78.9 Å². The SMILES string of the molecule is C[C@H](Cn1cnc2c(N)ncnc21)OCP(=O)(OCCCOCc1ccccc1)Oc1ccccc1. The Morgan fingerprint density at radius 3 is 2.53 bits per heavy atom. The number of nitrogens with two attached hydrogens (primary N) is 1. The summed E-state index contributed by atoms with van der Waals surface area (Å²) < 4.78 is 38.4. The van der Waals surface area contributed by atoms with Gasteiger partial charge in [0.05, 0.1) is 32.2 Å². The highest BCUT2D eigenvalue weighted by Crippen LogP contribution is 2.48. The molecule has 0 aliphatic carbocycles. The number of ether oxygens (including phenoxy) is 2. The van der Waals surface area contributed by atoms with E-state index in [9.17, 15) is 4.57 Å². The van der Waals surface area contributed by atoms with Crippen molar-refractivity contribution in [3.8, 4) is 5.75 Å². The Bertz CT molecular complexity index is 1270. The summed E-state index contributed by atoms with van der Waals surface area (Å²) in [5.41, 5.74) is 8.09. The van der Waals surface area contributed by atoms with Crippen LogP contribution >= 0.6 is 7.60 Å². The van der Waals surface area contributed by atoms with E-state index in [2.05, 4.69) is 15.0 Å². The number of fused-ring (bicyclic) bond motifs is 1. The van der Waals surface area contributed by atoms with Crippen LogP contribution in [-0.2, 0) is 31.7 Å². The van der Waals surface area contributed by atoms with E-state index in [0.29, 0.717) is 48.9 Å². The molecule has 0 radical (unpaired) electrons. The number of para-hydroxylation sites is 1. The molecule has 11 heteroatoms. The highest BCUT2D eigenvalue weighted by atomic mass is 31.2. The maximum Gasteiger partial charge on any atom is 0.404 e.